The van der Waals surface area contributed by atoms with E-state index in [1.54, 1.807) is 24.0 Å². The fourth-order valence-corrected chi connectivity index (χ4v) is 4.38. The van der Waals surface area contributed by atoms with Crippen molar-refractivity contribution >= 4 is 17.7 Å². The Morgan fingerprint density at radius 3 is 2.64 bits per heavy atom. The van der Waals surface area contributed by atoms with Crippen molar-refractivity contribution in [3.05, 3.63) is 94.9 Å². The molecule has 8 heteroatoms. The van der Waals surface area contributed by atoms with Crippen LogP contribution in [0.3, 0.4) is 0 Å². The molecule has 1 aliphatic heterocycles. The van der Waals surface area contributed by atoms with Crippen LogP contribution in [0, 0.1) is 11.3 Å². The van der Waals surface area contributed by atoms with Gasteiger partial charge in [0.25, 0.3) is 5.91 Å². The number of esters is 1. The summed E-state index contributed by atoms with van der Waals surface area (Å²) >= 11 is 0. The summed E-state index contributed by atoms with van der Waals surface area (Å²) in [5, 5.41) is 10.9. The number of carbonyl (C=O) groups excluding carboxylic acids is 2. The summed E-state index contributed by atoms with van der Waals surface area (Å²) in [7, 11) is 0. The first-order valence-corrected chi connectivity index (χ1v) is 12.2. The van der Waals surface area contributed by atoms with Crippen LogP contribution in [-0.4, -0.2) is 48.4 Å². The third-order valence-corrected chi connectivity index (χ3v) is 6.31. The Morgan fingerprint density at radius 1 is 1.19 bits per heavy atom. The van der Waals surface area contributed by atoms with E-state index in [-0.39, 0.29) is 30.2 Å². The third kappa shape index (κ3) is 6.20. The second-order valence-corrected chi connectivity index (χ2v) is 8.91. The molecule has 0 saturated carbocycles. The van der Waals surface area contributed by atoms with Gasteiger partial charge < -0.3 is 25.4 Å². The Morgan fingerprint density at radius 2 is 1.94 bits per heavy atom. The Labute approximate surface area is 211 Å². The molecule has 1 heterocycles. The number of ether oxygens (including phenoxy) is 2. The van der Waals surface area contributed by atoms with Crippen LogP contribution in [0.15, 0.2) is 78.2 Å². The highest BCUT2D eigenvalue weighted by Gasteiger charge is 2.31. The smallest absolute Gasteiger partial charge is 0.323 e. The van der Waals surface area contributed by atoms with Crippen molar-refractivity contribution in [3.8, 4) is 0 Å². The predicted octanol–water partition coefficient (Wildman–Crippen LogP) is 2.88. The lowest BCUT2D eigenvalue weighted by Gasteiger charge is -2.34. The van der Waals surface area contributed by atoms with Crippen LogP contribution in [0.1, 0.15) is 30.0 Å². The summed E-state index contributed by atoms with van der Waals surface area (Å²) in [4.78, 5) is 26.9. The third-order valence-electron chi connectivity index (χ3n) is 6.31. The molecule has 1 aliphatic carbocycles. The quantitative estimate of drug-likeness (QED) is 0.269. The maximum Gasteiger partial charge on any atom is 0.323 e. The van der Waals surface area contributed by atoms with Gasteiger partial charge in [-0.1, -0.05) is 60.7 Å². The predicted molar refractivity (Wildman–Crippen MR) is 137 cm³/mol. The molecule has 2 atom stereocenters. The number of nitrogens with two attached hydrogens (primary N) is 1. The average molecular weight is 489 g/mol. The summed E-state index contributed by atoms with van der Waals surface area (Å²) in [6.45, 7) is 3.13. The first-order valence-electron chi connectivity index (χ1n) is 12.2. The summed E-state index contributed by atoms with van der Waals surface area (Å²) in [6, 6.07) is 16.7. The molecule has 4 rings (SSSR count). The number of amidine groups is 1. The minimum atomic E-state index is -0.445. The Hall–Kier alpha value is -3.91. The molecule has 2 aliphatic rings. The monoisotopic (exact) mass is 488 g/mol. The van der Waals surface area contributed by atoms with Gasteiger partial charge in [0.05, 0.1) is 18.8 Å². The lowest BCUT2D eigenvalue weighted by molar-refractivity contribution is -0.145. The zero-order valence-electron chi connectivity index (χ0n) is 20.4. The molecular weight excluding hydrogens is 456 g/mol. The van der Waals surface area contributed by atoms with E-state index < -0.39 is 6.04 Å². The van der Waals surface area contributed by atoms with E-state index in [0.29, 0.717) is 38.1 Å². The van der Waals surface area contributed by atoms with Gasteiger partial charge in [-0.25, -0.2) is 0 Å². The van der Waals surface area contributed by atoms with Gasteiger partial charge in [-0.3, -0.25) is 15.0 Å². The molecule has 0 saturated heterocycles. The van der Waals surface area contributed by atoms with Crippen molar-refractivity contribution in [2.75, 3.05) is 19.8 Å². The van der Waals surface area contributed by atoms with E-state index in [4.69, 9.17) is 20.6 Å². The summed E-state index contributed by atoms with van der Waals surface area (Å²) in [6.07, 6.45) is 5.17. The fraction of sp³-hybridized carbons (Fsp3) is 0.321. The van der Waals surface area contributed by atoms with Gasteiger partial charge in [0.1, 0.15) is 17.6 Å². The van der Waals surface area contributed by atoms with E-state index in [1.807, 2.05) is 48.5 Å². The largest absolute Gasteiger partial charge is 0.486 e. The lowest BCUT2D eigenvalue weighted by atomic mass is 9.95. The van der Waals surface area contributed by atoms with Crippen molar-refractivity contribution in [1.82, 2.24) is 10.2 Å². The zero-order chi connectivity index (χ0) is 25.5. The molecule has 36 heavy (non-hydrogen) atoms. The van der Waals surface area contributed by atoms with Crippen LogP contribution >= 0.6 is 0 Å². The molecule has 0 radical (unpaired) electrons. The van der Waals surface area contributed by atoms with Crippen molar-refractivity contribution in [1.29, 1.82) is 5.41 Å². The summed E-state index contributed by atoms with van der Waals surface area (Å²) in [5.41, 5.74) is 8.96. The summed E-state index contributed by atoms with van der Waals surface area (Å²) in [5.74, 6) is 0.539. The van der Waals surface area contributed by atoms with Gasteiger partial charge in [-0.2, -0.15) is 0 Å². The molecule has 2 aromatic carbocycles. The normalized spacial score (nSPS) is 17.9. The van der Waals surface area contributed by atoms with Crippen LogP contribution in [0.4, 0.5) is 0 Å². The van der Waals surface area contributed by atoms with Crippen LogP contribution in [0.5, 0.6) is 0 Å². The first-order chi connectivity index (χ1) is 17.4. The number of nitrogens with zero attached hydrogens (tertiary/aromatic N) is 1. The molecule has 0 bridgehead atoms. The zero-order valence-corrected chi connectivity index (χ0v) is 20.4. The Balaban J connectivity index is 1.40. The van der Waals surface area contributed by atoms with Gasteiger partial charge in [0.15, 0.2) is 6.61 Å². The summed E-state index contributed by atoms with van der Waals surface area (Å²) < 4.78 is 11.1. The van der Waals surface area contributed by atoms with Crippen LogP contribution < -0.4 is 11.1 Å². The minimum absolute atomic E-state index is 0.00217. The van der Waals surface area contributed by atoms with Crippen LogP contribution in [-0.2, 0) is 32.0 Å². The molecule has 8 nitrogen and oxygen atoms in total. The van der Waals surface area contributed by atoms with E-state index >= 15 is 0 Å². The molecule has 188 valence electrons. The van der Waals surface area contributed by atoms with Crippen molar-refractivity contribution < 1.29 is 19.1 Å². The maximum absolute atomic E-state index is 12.7. The van der Waals surface area contributed by atoms with Gasteiger partial charge in [-0.05, 0) is 36.5 Å². The topological polar surface area (TPSA) is 118 Å². The van der Waals surface area contributed by atoms with Gasteiger partial charge in [0, 0.05) is 18.5 Å². The van der Waals surface area contributed by atoms with Crippen molar-refractivity contribution in [3.63, 3.8) is 0 Å². The minimum Gasteiger partial charge on any atom is -0.486 e. The van der Waals surface area contributed by atoms with Crippen LogP contribution in [0.25, 0.3) is 0 Å². The molecule has 1 amide bonds. The number of rotatable bonds is 10. The van der Waals surface area contributed by atoms with Crippen molar-refractivity contribution in [2.24, 2.45) is 11.7 Å². The SMILES string of the molecule is CCOC(=O)[C@H](Cc1ccccc1)NCC1C=CC2=C(C1)OCC(=O)N2Cc1ccc(C(=N)N)cc1. The standard InChI is InChI=1S/C28H32N4O4/c1-2-35-28(34)23(14-19-6-4-3-5-7-19)31-16-21-10-13-24-25(15-21)36-18-26(33)32(24)17-20-8-11-22(12-9-20)27(29)30/h3-13,21,23,31H,2,14-18H2,1H3,(H3,29,30)/t21?,23-/m0/s1. The van der Waals surface area contributed by atoms with Crippen molar-refractivity contribution in [2.45, 2.75) is 32.4 Å². The number of nitrogen functional groups attached to an aromatic ring is 1. The fourth-order valence-electron chi connectivity index (χ4n) is 4.38. The molecule has 2 aromatic rings. The Kier molecular flexibility index (Phi) is 8.17. The highest BCUT2D eigenvalue weighted by Crippen LogP contribution is 2.31. The van der Waals surface area contributed by atoms with E-state index in [2.05, 4.69) is 11.4 Å². The molecule has 0 spiro atoms. The molecule has 1 unspecified atom stereocenters. The van der Waals surface area contributed by atoms with Gasteiger partial charge in [-0.15, -0.1) is 0 Å². The number of benzene rings is 2. The first kappa shape index (κ1) is 25.2. The highest BCUT2D eigenvalue weighted by atomic mass is 16.5. The number of allylic oxidation sites excluding steroid dienone is 2. The number of nitrogens with one attached hydrogen (secondary N) is 2. The second kappa shape index (κ2) is 11.7. The molecule has 0 fully saturated rings. The number of amides is 1. The Bertz CT molecular complexity index is 1160. The average Bonchev–Trinajstić information content (AvgIpc) is 2.89. The molecule has 4 N–H and O–H groups in total. The second-order valence-electron chi connectivity index (χ2n) is 8.91. The van der Waals surface area contributed by atoms with E-state index in [0.717, 1.165) is 22.6 Å². The number of hydrogen-bond acceptors (Lipinski definition) is 6. The van der Waals surface area contributed by atoms with Gasteiger partial charge >= 0.3 is 5.97 Å². The van der Waals surface area contributed by atoms with Gasteiger partial charge in [0.2, 0.25) is 0 Å². The lowest BCUT2D eigenvalue weighted by Crippen LogP contribution is -2.43. The molecule has 0 aromatic heterocycles. The molecular formula is C28H32N4O4. The van der Waals surface area contributed by atoms with Crippen LogP contribution in [0.2, 0.25) is 0 Å². The number of hydrogen-bond donors (Lipinski definition) is 3. The highest BCUT2D eigenvalue weighted by molar-refractivity contribution is 5.94. The van der Waals surface area contributed by atoms with E-state index in [9.17, 15) is 9.59 Å². The maximum atomic E-state index is 12.7. The number of carbonyl (C=O) groups is 2. The van der Waals surface area contributed by atoms with E-state index in [1.165, 1.54) is 0 Å².